The van der Waals surface area contributed by atoms with Crippen LogP contribution < -0.4 is 0 Å². The van der Waals surface area contributed by atoms with Gasteiger partial charge in [0, 0.05) is 0 Å². The number of hydrogen-bond donors (Lipinski definition) is 2. The van der Waals surface area contributed by atoms with E-state index in [2.05, 4.69) is 13.8 Å². The summed E-state index contributed by atoms with van der Waals surface area (Å²) in [7, 11) is -2.21. The number of hydrogen-bond acceptors (Lipinski definition) is 3. The molecular weight excluding hydrogens is 235 g/mol. The second kappa shape index (κ2) is 12.5. The lowest BCUT2D eigenvalue weighted by molar-refractivity contribution is 0.281. The lowest BCUT2D eigenvalue weighted by atomic mass is 10.0. The summed E-state index contributed by atoms with van der Waals surface area (Å²) in [6.45, 7) is 4.73. The number of unbranched alkanes of at least 4 members (excludes halogenated alkanes) is 4. The van der Waals surface area contributed by atoms with E-state index < -0.39 is 8.60 Å². The van der Waals surface area contributed by atoms with Crippen LogP contribution in [0, 0.1) is 0 Å². The maximum Gasteiger partial charge on any atom is 0.327 e. The Kier molecular flexibility index (Phi) is 12.5. The Balaban J connectivity index is 3.90. The highest BCUT2D eigenvalue weighted by Gasteiger charge is 2.00. The van der Waals surface area contributed by atoms with E-state index in [9.17, 15) is 0 Å². The highest BCUT2D eigenvalue weighted by molar-refractivity contribution is 7.39. The van der Waals surface area contributed by atoms with Gasteiger partial charge in [-0.05, 0) is 25.7 Å². The van der Waals surface area contributed by atoms with E-state index in [1.54, 1.807) is 0 Å². The van der Waals surface area contributed by atoms with E-state index in [1.165, 1.54) is 44.1 Å². The predicted octanol–water partition coefficient (Wildman–Crippen LogP) is 4.30. The zero-order valence-corrected chi connectivity index (χ0v) is 12.1. The summed E-state index contributed by atoms with van der Waals surface area (Å²) in [6.07, 6.45) is 11.7. The van der Waals surface area contributed by atoms with Gasteiger partial charge in [0.05, 0.1) is 6.61 Å². The van der Waals surface area contributed by atoms with E-state index >= 15 is 0 Å². The minimum atomic E-state index is -2.21. The zero-order chi connectivity index (χ0) is 12.9. The first-order valence-electron chi connectivity index (χ1n) is 6.69. The Bertz CT molecular complexity index is 181. The Hall–Kier alpha value is 0.0500. The molecule has 17 heavy (non-hydrogen) atoms. The van der Waals surface area contributed by atoms with Gasteiger partial charge in [0.25, 0.3) is 0 Å². The molecule has 2 N–H and O–H groups in total. The molecule has 4 heteroatoms. The van der Waals surface area contributed by atoms with Crippen LogP contribution in [-0.2, 0) is 4.52 Å². The van der Waals surface area contributed by atoms with Crippen LogP contribution in [0.5, 0.6) is 0 Å². The number of rotatable bonds is 11. The molecule has 0 heterocycles. The summed E-state index contributed by atoms with van der Waals surface area (Å²) in [4.78, 5) is 17.3. The molecule has 0 atom stereocenters. The summed E-state index contributed by atoms with van der Waals surface area (Å²) in [6, 6.07) is 0. The molecule has 0 aromatic rings. The molecule has 0 bridgehead atoms. The van der Waals surface area contributed by atoms with Crippen LogP contribution in [0.3, 0.4) is 0 Å². The van der Waals surface area contributed by atoms with Gasteiger partial charge in [0.1, 0.15) is 0 Å². The molecule has 0 aliphatic carbocycles. The summed E-state index contributed by atoms with van der Waals surface area (Å²) in [5.74, 6) is 0. The second-order valence-corrected chi connectivity index (χ2v) is 5.09. The average Bonchev–Trinajstić information content (AvgIpc) is 2.28. The third kappa shape index (κ3) is 12.3. The summed E-state index contributed by atoms with van der Waals surface area (Å²) in [5.41, 5.74) is 1.41. The van der Waals surface area contributed by atoms with E-state index in [4.69, 9.17) is 14.3 Å². The number of allylic oxidation sites excluding steroid dienone is 1. The predicted molar refractivity (Wildman–Crippen MR) is 73.7 cm³/mol. The average molecular weight is 262 g/mol. The topological polar surface area (TPSA) is 49.7 Å². The first-order valence-corrected chi connectivity index (χ1v) is 7.85. The van der Waals surface area contributed by atoms with Crippen molar-refractivity contribution in [3.63, 3.8) is 0 Å². The Morgan fingerprint density at radius 2 is 1.53 bits per heavy atom. The lowest BCUT2D eigenvalue weighted by Crippen LogP contribution is -1.91. The molecule has 0 aliphatic heterocycles. The van der Waals surface area contributed by atoms with Crippen LogP contribution in [0.4, 0.5) is 0 Å². The molecule has 0 aliphatic rings. The van der Waals surface area contributed by atoms with Crippen LogP contribution in [0.2, 0.25) is 0 Å². The summed E-state index contributed by atoms with van der Waals surface area (Å²) < 4.78 is 4.78. The van der Waals surface area contributed by atoms with Gasteiger partial charge in [-0.1, -0.05) is 51.2 Å². The van der Waals surface area contributed by atoms with Crippen molar-refractivity contribution in [2.75, 3.05) is 6.61 Å². The van der Waals surface area contributed by atoms with Gasteiger partial charge < -0.3 is 14.3 Å². The Morgan fingerprint density at radius 3 is 1.94 bits per heavy atom. The van der Waals surface area contributed by atoms with Gasteiger partial charge >= 0.3 is 8.60 Å². The molecule has 0 fully saturated rings. The quantitative estimate of drug-likeness (QED) is 0.331. The van der Waals surface area contributed by atoms with E-state index in [0.29, 0.717) is 6.61 Å². The van der Waals surface area contributed by atoms with E-state index in [0.717, 1.165) is 12.8 Å². The standard InChI is InChI=1S/C13H27O3P/c1-3-5-7-9-13(10-8-6-4-2)11-12-16-17(14)15/h11,14-15H,3-10,12H2,1-2H3. The lowest BCUT2D eigenvalue weighted by Gasteiger charge is -2.08. The van der Waals surface area contributed by atoms with Crippen molar-refractivity contribution in [3.05, 3.63) is 11.6 Å². The van der Waals surface area contributed by atoms with Crippen molar-refractivity contribution in [1.29, 1.82) is 0 Å². The molecule has 0 aromatic heterocycles. The van der Waals surface area contributed by atoms with Crippen LogP contribution in [0.15, 0.2) is 11.6 Å². The minimum absolute atomic E-state index is 0.326. The Morgan fingerprint density at radius 1 is 1.00 bits per heavy atom. The molecule has 3 nitrogen and oxygen atoms in total. The molecule has 0 unspecified atom stereocenters. The second-order valence-electron chi connectivity index (χ2n) is 4.33. The van der Waals surface area contributed by atoms with Crippen LogP contribution in [0.25, 0.3) is 0 Å². The van der Waals surface area contributed by atoms with Gasteiger partial charge in [-0.25, -0.2) is 0 Å². The highest BCUT2D eigenvalue weighted by Crippen LogP contribution is 2.24. The van der Waals surface area contributed by atoms with E-state index in [1.807, 2.05) is 6.08 Å². The Labute approximate surface area is 107 Å². The first-order chi connectivity index (χ1) is 8.20. The van der Waals surface area contributed by atoms with Gasteiger partial charge in [-0.3, -0.25) is 0 Å². The van der Waals surface area contributed by atoms with Crippen molar-refractivity contribution < 1.29 is 14.3 Å². The maximum absolute atomic E-state index is 8.66. The molecule has 0 amide bonds. The molecule has 0 radical (unpaired) electrons. The maximum atomic E-state index is 8.66. The zero-order valence-electron chi connectivity index (χ0n) is 11.2. The molecule has 0 rings (SSSR count). The molecule has 102 valence electrons. The summed E-state index contributed by atoms with van der Waals surface area (Å²) in [5, 5.41) is 0. The fourth-order valence-electron chi connectivity index (χ4n) is 1.76. The van der Waals surface area contributed by atoms with Gasteiger partial charge in [0.2, 0.25) is 0 Å². The van der Waals surface area contributed by atoms with E-state index in [-0.39, 0.29) is 0 Å². The van der Waals surface area contributed by atoms with Crippen molar-refractivity contribution >= 4 is 8.60 Å². The monoisotopic (exact) mass is 262 g/mol. The third-order valence-electron chi connectivity index (χ3n) is 2.76. The van der Waals surface area contributed by atoms with Crippen molar-refractivity contribution in [3.8, 4) is 0 Å². The largest absolute Gasteiger partial charge is 0.328 e. The smallest absolute Gasteiger partial charge is 0.327 e. The SMILES string of the molecule is CCCCCC(=CCOP(O)O)CCCCC. The molecular formula is C13H27O3P. The van der Waals surface area contributed by atoms with Gasteiger partial charge in [-0.15, -0.1) is 0 Å². The molecule has 0 saturated carbocycles. The normalized spacial score (nSPS) is 10.9. The summed E-state index contributed by atoms with van der Waals surface area (Å²) >= 11 is 0. The van der Waals surface area contributed by atoms with Crippen molar-refractivity contribution in [2.45, 2.75) is 65.2 Å². The third-order valence-corrected chi connectivity index (χ3v) is 3.14. The molecule has 0 aromatic carbocycles. The first kappa shape index (κ1) is 17.1. The van der Waals surface area contributed by atoms with Crippen LogP contribution in [0.1, 0.15) is 65.2 Å². The fraction of sp³-hybridized carbons (Fsp3) is 0.846. The van der Waals surface area contributed by atoms with Gasteiger partial charge in [0.15, 0.2) is 0 Å². The van der Waals surface area contributed by atoms with Crippen LogP contribution >= 0.6 is 8.60 Å². The van der Waals surface area contributed by atoms with Crippen molar-refractivity contribution in [1.82, 2.24) is 0 Å². The van der Waals surface area contributed by atoms with Gasteiger partial charge in [-0.2, -0.15) is 0 Å². The minimum Gasteiger partial charge on any atom is -0.328 e. The van der Waals surface area contributed by atoms with Crippen LogP contribution in [-0.4, -0.2) is 16.4 Å². The molecule has 0 spiro atoms. The fourth-order valence-corrected chi connectivity index (χ4v) is 1.96. The molecule has 0 saturated heterocycles. The van der Waals surface area contributed by atoms with Crippen molar-refractivity contribution in [2.24, 2.45) is 0 Å². The highest BCUT2D eigenvalue weighted by atomic mass is 31.2.